The number of hydrogen-bond acceptors (Lipinski definition) is 0. The molecule has 0 aliphatic heterocycles. The summed E-state index contributed by atoms with van der Waals surface area (Å²) in [4.78, 5) is 0. The summed E-state index contributed by atoms with van der Waals surface area (Å²) in [6.45, 7) is 6.00. The molecule has 14 heavy (non-hydrogen) atoms. The van der Waals surface area contributed by atoms with E-state index in [2.05, 4.69) is 37.5 Å². The predicted molar refractivity (Wildman–Crippen MR) is 61.1 cm³/mol. The average Bonchev–Trinajstić information content (AvgIpc) is 2.87. The van der Waals surface area contributed by atoms with Gasteiger partial charge in [0, 0.05) is 0 Å². The first kappa shape index (κ1) is 19.2. The Hall–Kier alpha value is -0.417. The van der Waals surface area contributed by atoms with Gasteiger partial charge in [0.1, 0.15) is 0 Å². The molecule has 0 aromatic carbocycles. The maximum absolute atomic E-state index is 3.00. The Labute approximate surface area is 108 Å². The maximum atomic E-state index is 3.00. The van der Waals surface area contributed by atoms with E-state index in [0.717, 1.165) is 12.8 Å². The molecule has 0 bridgehead atoms. The fraction of sp³-hybridized carbons (Fsp3) is 0.231. The number of allylic oxidation sites excluding steroid dienone is 8. The Morgan fingerprint density at radius 1 is 0.857 bits per heavy atom. The summed E-state index contributed by atoms with van der Waals surface area (Å²) >= 11 is 0. The van der Waals surface area contributed by atoms with Gasteiger partial charge in [0.2, 0.25) is 0 Å². The minimum atomic E-state index is 0. The van der Waals surface area contributed by atoms with Gasteiger partial charge in [0.05, 0.1) is 0 Å². The normalized spacial score (nSPS) is 12.9. The molecule has 0 fully saturated rings. The van der Waals surface area contributed by atoms with Crippen molar-refractivity contribution in [2.75, 3.05) is 0 Å². The quantitative estimate of drug-likeness (QED) is 0.458. The summed E-state index contributed by atoms with van der Waals surface area (Å²) in [7, 11) is 0. The molecule has 0 amide bonds. The average molecular weight is 266 g/mol. The molecule has 2 aliphatic rings. The first-order valence-corrected chi connectivity index (χ1v) is 3.93. The summed E-state index contributed by atoms with van der Waals surface area (Å²) in [6.07, 6.45) is 20.0. The minimum Gasteiger partial charge on any atom is -0.273 e. The predicted octanol–water partition coefficient (Wildman–Crippen LogP) is 4.05. The van der Waals surface area contributed by atoms with Crippen LogP contribution in [0, 0.1) is 12.2 Å². The van der Waals surface area contributed by atoms with Crippen molar-refractivity contribution in [3.63, 3.8) is 0 Å². The van der Waals surface area contributed by atoms with E-state index in [1.165, 1.54) is 0 Å². The van der Waals surface area contributed by atoms with Crippen molar-refractivity contribution in [1.82, 2.24) is 0 Å². The third-order valence-corrected chi connectivity index (χ3v) is 1.17. The van der Waals surface area contributed by atoms with Crippen molar-refractivity contribution in [1.29, 1.82) is 0 Å². The van der Waals surface area contributed by atoms with Crippen LogP contribution < -0.4 is 0 Å². The van der Waals surface area contributed by atoms with E-state index in [9.17, 15) is 0 Å². The minimum absolute atomic E-state index is 0. The zero-order valence-electron chi connectivity index (χ0n) is 7.79. The van der Waals surface area contributed by atoms with Gasteiger partial charge in [0.25, 0.3) is 0 Å². The number of rotatable bonds is 0. The first-order valence-electron chi connectivity index (χ1n) is 3.93. The second kappa shape index (κ2) is 18.4. The monoisotopic (exact) mass is 264 g/mol. The largest absolute Gasteiger partial charge is 2.00 e. The number of hydrogen-bond donors (Lipinski definition) is 0. The molecule has 0 saturated heterocycles. The van der Waals surface area contributed by atoms with Gasteiger partial charge in [-0.15, -0.1) is 26.0 Å². The SMILES string of the molecule is C.C=C.[C-]1=CC=CC1.[C-]1=CC=CC1.[Zr+2]. The summed E-state index contributed by atoms with van der Waals surface area (Å²) in [5.41, 5.74) is 0. The van der Waals surface area contributed by atoms with Crippen LogP contribution in [0.15, 0.2) is 49.6 Å². The molecule has 0 atom stereocenters. The van der Waals surface area contributed by atoms with E-state index in [1.54, 1.807) is 0 Å². The van der Waals surface area contributed by atoms with Gasteiger partial charge in [-0.05, 0) is 0 Å². The summed E-state index contributed by atoms with van der Waals surface area (Å²) < 4.78 is 0. The van der Waals surface area contributed by atoms with Crippen LogP contribution in [-0.2, 0) is 26.2 Å². The molecular weight excluding hydrogens is 247 g/mol. The van der Waals surface area contributed by atoms with Gasteiger partial charge in [-0.2, -0.15) is 12.2 Å². The van der Waals surface area contributed by atoms with Crippen molar-refractivity contribution in [2.24, 2.45) is 0 Å². The van der Waals surface area contributed by atoms with Crippen molar-refractivity contribution >= 4 is 0 Å². The molecule has 0 aromatic rings. The van der Waals surface area contributed by atoms with E-state index in [-0.39, 0.29) is 33.6 Å². The fourth-order valence-corrected chi connectivity index (χ4v) is 0.680. The van der Waals surface area contributed by atoms with E-state index in [1.807, 2.05) is 24.3 Å². The molecule has 0 spiro atoms. The Morgan fingerprint density at radius 3 is 1.29 bits per heavy atom. The molecule has 0 saturated carbocycles. The molecule has 0 radical (unpaired) electrons. The topological polar surface area (TPSA) is 0 Å². The Balaban J connectivity index is -0.000000131. The smallest absolute Gasteiger partial charge is 0.273 e. The Kier molecular flexibility index (Phi) is 25.2. The van der Waals surface area contributed by atoms with E-state index in [0.29, 0.717) is 0 Å². The summed E-state index contributed by atoms with van der Waals surface area (Å²) in [5, 5.41) is 0. The van der Waals surface area contributed by atoms with E-state index < -0.39 is 0 Å². The molecule has 0 unspecified atom stereocenters. The molecular formula is C13H18Zr. The third-order valence-electron chi connectivity index (χ3n) is 1.17. The van der Waals surface area contributed by atoms with Crippen LogP contribution >= 0.6 is 0 Å². The standard InChI is InChI=1S/2C5H5.C2H4.CH4.Zr/c2*1-2-4-5-3-1;1-2;;/h2*1-3H,4H2;1-2H2;1H4;/q2*-1;;;+2. The van der Waals surface area contributed by atoms with Gasteiger partial charge >= 0.3 is 26.2 Å². The van der Waals surface area contributed by atoms with Crippen LogP contribution in [0.4, 0.5) is 0 Å². The molecule has 0 aromatic heterocycles. The Bertz CT molecular complexity index is 155. The van der Waals surface area contributed by atoms with Gasteiger partial charge in [0.15, 0.2) is 0 Å². The van der Waals surface area contributed by atoms with Crippen molar-refractivity contribution in [3.8, 4) is 0 Å². The summed E-state index contributed by atoms with van der Waals surface area (Å²) in [5.74, 6) is 0. The molecule has 2 rings (SSSR count). The molecule has 0 N–H and O–H groups in total. The van der Waals surface area contributed by atoms with Gasteiger partial charge in [-0.25, -0.2) is 24.3 Å². The van der Waals surface area contributed by atoms with Crippen LogP contribution in [0.5, 0.6) is 0 Å². The second-order valence-corrected chi connectivity index (χ2v) is 2.01. The molecule has 74 valence electrons. The van der Waals surface area contributed by atoms with Gasteiger partial charge in [-0.3, -0.25) is 12.2 Å². The zero-order chi connectivity index (χ0) is 9.07. The van der Waals surface area contributed by atoms with Gasteiger partial charge < -0.3 is 0 Å². The third kappa shape index (κ3) is 14.1. The van der Waals surface area contributed by atoms with Crippen LogP contribution in [0.3, 0.4) is 0 Å². The van der Waals surface area contributed by atoms with Crippen LogP contribution in [0.25, 0.3) is 0 Å². The summed E-state index contributed by atoms with van der Waals surface area (Å²) in [6, 6.07) is 0. The van der Waals surface area contributed by atoms with E-state index in [4.69, 9.17) is 0 Å². The maximum Gasteiger partial charge on any atom is 2.00 e. The van der Waals surface area contributed by atoms with Crippen LogP contribution in [0.2, 0.25) is 0 Å². The second-order valence-electron chi connectivity index (χ2n) is 2.01. The van der Waals surface area contributed by atoms with E-state index >= 15 is 0 Å². The molecule has 0 heterocycles. The van der Waals surface area contributed by atoms with Gasteiger partial charge in [-0.1, -0.05) is 7.43 Å². The van der Waals surface area contributed by atoms with Crippen molar-refractivity contribution < 1.29 is 26.2 Å². The Morgan fingerprint density at radius 2 is 1.21 bits per heavy atom. The van der Waals surface area contributed by atoms with Crippen LogP contribution in [0.1, 0.15) is 20.3 Å². The fourth-order valence-electron chi connectivity index (χ4n) is 0.680. The zero-order valence-corrected chi connectivity index (χ0v) is 10.3. The van der Waals surface area contributed by atoms with Crippen molar-refractivity contribution in [2.45, 2.75) is 20.3 Å². The molecule has 0 nitrogen and oxygen atoms in total. The molecule has 1 heteroatoms. The molecule has 2 aliphatic carbocycles. The van der Waals surface area contributed by atoms with Crippen molar-refractivity contribution in [3.05, 3.63) is 61.8 Å². The van der Waals surface area contributed by atoms with Crippen LogP contribution in [-0.4, -0.2) is 0 Å². The first-order chi connectivity index (χ1) is 6.00.